The van der Waals surface area contributed by atoms with Gasteiger partial charge in [0.2, 0.25) is 0 Å². The van der Waals surface area contributed by atoms with Gasteiger partial charge in [0.15, 0.2) is 5.54 Å². The molecule has 1 atom stereocenters. The van der Waals surface area contributed by atoms with Gasteiger partial charge in [0.25, 0.3) is 0 Å². The number of nitrogens with one attached hydrogen (secondary N) is 1. The molecule has 2 aromatic carbocycles. The molecule has 0 aliphatic heterocycles. The topological polar surface area (TPSA) is 58.6 Å². The zero-order valence-electron chi connectivity index (χ0n) is 17.5. The molecule has 1 saturated carbocycles. The van der Waals surface area contributed by atoms with Gasteiger partial charge in [-0.15, -0.1) is 0 Å². The number of aliphatic carboxylic acids is 1. The summed E-state index contributed by atoms with van der Waals surface area (Å²) < 4.78 is 85.9. The number of alkyl halides is 6. The van der Waals surface area contributed by atoms with Gasteiger partial charge >= 0.3 is 18.3 Å². The van der Waals surface area contributed by atoms with Gasteiger partial charge in [0.1, 0.15) is 5.75 Å². The first-order chi connectivity index (χ1) is 15.4. The Balaban J connectivity index is 1.90. The van der Waals surface area contributed by atoms with E-state index in [4.69, 9.17) is 4.74 Å². The summed E-state index contributed by atoms with van der Waals surface area (Å²) in [6.07, 6.45) is -10.9. The summed E-state index contributed by atoms with van der Waals surface area (Å²) in [5.74, 6) is -1.45. The molecule has 0 radical (unpaired) electrons. The third-order valence-corrected chi connectivity index (χ3v) is 5.86. The number of carbonyl (C=O) groups is 1. The fourth-order valence-corrected chi connectivity index (χ4v) is 4.05. The zero-order chi connectivity index (χ0) is 24.3. The smallest absolute Gasteiger partial charge is 0.411 e. The summed E-state index contributed by atoms with van der Waals surface area (Å²) in [7, 11) is 0. The number of benzene rings is 2. The van der Waals surface area contributed by atoms with Crippen LogP contribution in [0.25, 0.3) is 0 Å². The van der Waals surface area contributed by atoms with Crippen molar-refractivity contribution in [3.05, 3.63) is 65.7 Å². The van der Waals surface area contributed by atoms with Crippen LogP contribution in [0.5, 0.6) is 5.75 Å². The second-order valence-corrected chi connectivity index (χ2v) is 8.07. The molecular formula is C23H23F6NO3. The summed E-state index contributed by atoms with van der Waals surface area (Å²) in [4.78, 5) is 12.0. The first-order valence-electron chi connectivity index (χ1n) is 10.3. The second kappa shape index (κ2) is 9.24. The lowest BCUT2D eigenvalue weighted by atomic mass is 9.74. The Labute approximate surface area is 186 Å². The number of ether oxygens (including phenoxy) is 1. The number of carboxylic acids is 1. The third kappa shape index (κ3) is 5.26. The minimum absolute atomic E-state index is 0.0974. The van der Waals surface area contributed by atoms with Crippen LogP contribution in [0, 0.1) is 5.41 Å². The van der Waals surface area contributed by atoms with Gasteiger partial charge in [0.05, 0.1) is 12.0 Å². The summed E-state index contributed by atoms with van der Waals surface area (Å²) in [5.41, 5.74) is -4.68. The number of rotatable bonds is 10. The van der Waals surface area contributed by atoms with Crippen molar-refractivity contribution < 1.29 is 41.0 Å². The Morgan fingerprint density at radius 3 is 2.06 bits per heavy atom. The van der Waals surface area contributed by atoms with E-state index < -0.39 is 35.7 Å². The molecule has 0 spiro atoms. The average Bonchev–Trinajstić information content (AvgIpc) is 3.54. The van der Waals surface area contributed by atoms with Gasteiger partial charge < -0.3 is 9.84 Å². The summed E-state index contributed by atoms with van der Waals surface area (Å²) in [6.45, 7) is -0.473. The van der Waals surface area contributed by atoms with Gasteiger partial charge in [-0.2, -0.15) is 26.3 Å². The highest BCUT2D eigenvalue weighted by atomic mass is 19.4. The standard InChI is InChI=1S/C23H23F6NO3/c24-21(25,26)11-4-14-33-18-9-7-17(8-10-18)22(23(27,28)29,20(12-13-20)19(31)32)30-15-16-5-2-1-3-6-16/h1-3,5-10,30H,4,11-15H2,(H,31,32). The minimum Gasteiger partial charge on any atom is -0.494 e. The zero-order valence-corrected chi connectivity index (χ0v) is 17.5. The van der Waals surface area contributed by atoms with Crippen LogP contribution in [0.15, 0.2) is 54.6 Å². The molecule has 4 nitrogen and oxygen atoms in total. The molecule has 180 valence electrons. The summed E-state index contributed by atoms with van der Waals surface area (Å²) in [5, 5.41) is 12.3. The summed E-state index contributed by atoms with van der Waals surface area (Å²) in [6, 6.07) is 13.0. The van der Waals surface area contributed by atoms with Crippen LogP contribution in [-0.4, -0.2) is 30.0 Å². The number of halogens is 6. The first kappa shape index (κ1) is 24.9. The van der Waals surface area contributed by atoms with E-state index in [0.29, 0.717) is 5.56 Å². The van der Waals surface area contributed by atoms with Crippen molar-refractivity contribution in [2.24, 2.45) is 5.41 Å². The normalized spacial score (nSPS) is 17.3. The number of hydrogen-bond donors (Lipinski definition) is 2. The van der Waals surface area contributed by atoms with Crippen molar-refractivity contribution in [2.75, 3.05) is 6.61 Å². The Morgan fingerprint density at radius 1 is 0.970 bits per heavy atom. The average molecular weight is 475 g/mol. The molecule has 0 bridgehead atoms. The van der Waals surface area contributed by atoms with E-state index in [9.17, 15) is 36.2 Å². The fourth-order valence-electron chi connectivity index (χ4n) is 4.05. The van der Waals surface area contributed by atoms with Crippen molar-refractivity contribution in [3.63, 3.8) is 0 Å². The highest BCUT2D eigenvalue weighted by Gasteiger charge is 2.75. The molecular weight excluding hydrogens is 452 g/mol. The molecule has 0 amide bonds. The fraction of sp³-hybridized carbons (Fsp3) is 0.435. The maximum absolute atomic E-state index is 14.7. The molecule has 1 aliphatic rings. The predicted octanol–water partition coefficient (Wildman–Crippen LogP) is 5.82. The van der Waals surface area contributed by atoms with E-state index in [2.05, 4.69) is 5.32 Å². The Kier molecular flexibility index (Phi) is 6.97. The lowest BCUT2D eigenvalue weighted by Crippen LogP contribution is -2.61. The van der Waals surface area contributed by atoms with Crippen molar-refractivity contribution in [2.45, 2.75) is 50.1 Å². The maximum atomic E-state index is 14.7. The van der Waals surface area contributed by atoms with Crippen molar-refractivity contribution >= 4 is 5.97 Å². The van der Waals surface area contributed by atoms with E-state index >= 15 is 0 Å². The molecule has 0 saturated heterocycles. The van der Waals surface area contributed by atoms with E-state index in [-0.39, 0.29) is 43.7 Å². The quantitative estimate of drug-likeness (QED) is 0.336. The molecule has 33 heavy (non-hydrogen) atoms. The largest absolute Gasteiger partial charge is 0.494 e. The van der Waals surface area contributed by atoms with E-state index in [1.807, 2.05) is 0 Å². The Morgan fingerprint density at radius 2 is 1.58 bits per heavy atom. The summed E-state index contributed by atoms with van der Waals surface area (Å²) >= 11 is 0. The van der Waals surface area contributed by atoms with Crippen LogP contribution in [-0.2, 0) is 16.9 Å². The highest BCUT2D eigenvalue weighted by Crippen LogP contribution is 2.64. The van der Waals surface area contributed by atoms with E-state index in [0.717, 1.165) is 12.1 Å². The van der Waals surface area contributed by atoms with Crippen LogP contribution < -0.4 is 10.1 Å². The molecule has 1 aliphatic carbocycles. The Hall–Kier alpha value is -2.75. The first-order valence-corrected chi connectivity index (χ1v) is 10.3. The van der Waals surface area contributed by atoms with Crippen LogP contribution in [0.3, 0.4) is 0 Å². The molecule has 0 aromatic heterocycles. The molecule has 10 heteroatoms. The van der Waals surface area contributed by atoms with Crippen LogP contribution in [0.2, 0.25) is 0 Å². The van der Waals surface area contributed by atoms with Gasteiger partial charge in [-0.05, 0) is 42.5 Å². The van der Waals surface area contributed by atoms with Crippen molar-refractivity contribution in [1.82, 2.24) is 5.32 Å². The molecule has 3 rings (SSSR count). The highest BCUT2D eigenvalue weighted by molar-refractivity contribution is 5.81. The molecule has 1 fully saturated rings. The predicted molar refractivity (Wildman–Crippen MR) is 108 cm³/mol. The number of hydrogen-bond acceptors (Lipinski definition) is 3. The van der Waals surface area contributed by atoms with Crippen LogP contribution in [0.4, 0.5) is 26.3 Å². The van der Waals surface area contributed by atoms with Crippen molar-refractivity contribution in [1.29, 1.82) is 0 Å². The van der Waals surface area contributed by atoms with Crippen LogP contribution >= 0.6 is 0 Å². The molecule has 2 N–H and O–H groups in total. The monoisotopic (exact) mass is 475 g/mol. The minimum atomic E-state index is -4.95. The SMILES string of the molecule is O=C(O)C1(C(NCc2ccccc2)(c2ccc(OCCCC(F)(F)F)cc2)C(F)(F)F)CC1. The van der Waals surface area contributed by atoms with Gasteiger partial charge in [-0.3, -0.25) is 10.1 Å². The number of carboxylic acid groups (broad SMARTS) is 1. The van der Waals surface area contributed by atoms with Gasteiger partial charge in [0, 0.05) is 13.0 Å². The van der Waals surface area contributed by atoms with Gasteiger partial charge in [-0.1, -0.05) is 42.5 Å². The van der Waals surface area contributed by atoms with Gasteiger partial charge in [-0.25, -0.2) is 0 Å². The molecule has 1 unspecified atom stereocenters. The van der Waals surface area contributed by atoms with E-state index in [1.54, 1.807) is 30.3 Å². The molecule has 0 heterocycles. The maximum Gasteiger partial charge on any atom is 0.411 e. The third-order valence-electron chi connectivity index (χ3n) is 5.86. The Bertz CT molecular complexity index is 939. The van der Waals surface area contributed by atoms with E-state index in [1.165, 1.54) is 12.1 Å². The lowest BCUT2D eigenvalue weighted by molar-refractivity contribution is -0.228. The lowest BCUT2D eigenvalue weighted by Gasteiger charge is -2.42. The second-order valence-electron chi connectivity index (χ2n) is 8.07. The van der Waals surface area contributed by atoms with Crippen molar-refractivity contribution in [3.8, 4) is 5.75 Å². The molecule has 2 aromatic rings. The van der Waals surface area contributed by atoms with Crippen LogP contribution in [0.1, 0.15) is 36.8 Å².